The van der Waals surface area contributed by atoms with Crippen molar-refractivity contribution < 1.29 is 8.78 Å². The number of amidine groups is 1. The molecule has 0 amide bonds. The molecule has 0 saturated heterocycles. The van der Waals surface area contributed by atoms with Gasteiger partial charge in [0.2, 0.25) is 0 Å². The van der Waals surface area contributed by atoms with E-state index in [1.54, 1.807) is 0 Å². The van der Waals surface area contributed by atoms with Crippen molar-refractivity contribution in [1.82, 2.24) is 0 Å². The number of anilines is 1. The van der Waals surface area contributed by atoms with Crippen molar-refractivity contribution in [3.8, 4) is 0 Å². The highest BCUT2D eigenvalue weighted by atomic mass is 79.9. The molecule has 0 radical (unpaired) electrons. The van der Waals surface area contributed by atoms with E-state index in [9.17, 15) is 8.78 Å². The van der Waals surface area contributed by atoms with Crippen LogP contribution in [0.5, 0.6) is 0 Å². The summed E-state index contributed by atoms with van der Waals surface area (Å²) in [6, 6.07) is 5.61. The summed E-state index contributed by atoms with van der Waals surface area (Å²) < 4.78 is 29.5. The van der Waals surface area contributed by atoms with Crippen LogP contribution in [0.2, 0.25) is 0 Å². The molecule has 2 aromatic carbocycles. The Bertz CT molecular complexity index is 777. The quantitative estimate of drug-likeness (QED) is 0.413. The summed E-state index contributed by atoms with van der Waals surface area (Å²) >= 11 is 13.6. The molecule has 2 aromatic rings. The molecule has 3 rings (SSSR count). The lowest BCUT2D eigenvalue weighted by atomic mass is 10.1. The van der Waals surface area contributed by atoms with E-state index in [2.05, 4.69) is 68.7 Å². The summed E-state index contributed by atoms with van der Waals surface area (Å²) in [6.07, 6.45) is 0. The monoisotopic (exact) mass is 570 g/mol. The van der Waals surface area contributed by atoms with Gasteiger partial charge >= 0.3 is 0 Å². The van der Waals surface area contributed by atoms with E-state index in [1.165, 1.54) is 24.3 Å². The lowest BCUT2D eigenvalue weighted by molar-refractivity contribution is 0.625. The number of hydrogen-bond acceptors (Lipinski definition) is 2. The van der Waals surface area contributed by atoms with Gasteiger partial charge in [-0.05, 0) is 88.0 Å². The minimum absolute atomic E-state index is 0.339. The summed E-state index contributed by atoms with van der Waals surface area (Å²) in [4.78, 5) is 6.51. The summed E-state index contributed by atoms with van der Waals surface area (Å²) in [7, 11) is 0. The van der Waals surface area contributed by atoms with Crippen molar-refractivity contribution in [2.45, 2.75) is 0 Å². The Morgan fingerprint density at radius 1 is 0.826 bits per heavy atom. The molecule has 120 valence electrons. The van der Waals surface area contributed by atoms with E-state index in [0.717, 1.165) is 11.3 Å². The topological polar surface area (TPSA) is 15.6 Å². The van der Waals surface area contributed by atoms with Gasteiger partial charge in [0.25, 0.3) is 0 Å². The van der Waals surface area contributed by atoms with Crippen LogP contribution in [0.25, 0.3) is 0 Å². The van der Waals surface area contributed by atoms with Crippen molar-refractivity contribution in [3.05, 3.63) is 59.4 Å². The molecule has 0 spiro atoms. The first-order chi connectivity index (χ1) is 10.9. The fourth-order valence-electron chi connectivity index (χ4n) is 2.43. The fraction of sp³-hybridized carbons (Fsp3) is 0.133. The van der Waals surface area contributed by atoms with Crippen LogP contribution in [0.1, 0.15) is 5.56 Å². The third-order valence-corrected chi connectivity index (χ3v) is 5.78. The summed E-state index contributed by atoms with van der Waals surface area (Å²) in [5, 5.41) is 0. The van der Waals surface area contributed by atoms with Gasteiger partial charge in [-0.25, -0.2) is 8.78 Å². The van der Waals surface area contributed by atoms with Crippen molar-refractivity contribution in [2.24, 2.45) is 4.99 Å². The maximum Gasteiger partial charge on any atom is 0.137 e. The van der Waals surface area contributed by atoms with E-state index in [4.69, 9.17) is 0 Å². The number of aliphatic imine (C=N–C) groups is 1. The van der Waals surface area contributed by atoms with Crippen LogP contribution in [-0.2, 0) is 0 Å². The molecular formula is C15H8Br4F2N2. The lowest BCUT2D eigenvalue weighted by Crippen LogP contribution is -2.29. The first kappa shape index (κ1) is 17.5. The molecular weight excluding hydrogens is 566 g/mol. The Hall–Kier alpha value is -0.310. The third-order valence-electron chi connectivity index (χ3n) is 3.32. The molecule has 2 nitrogen and oxygen atoms in total. The second-order valence-corrected chi connectivity index (χ2v) is 8.24. The minimum atomic E-state index is -0.346. The van der Waals surface area contributed by atoms with Crippen molar-refractivity contribution in [1.29, 1.82) is 0 Å². The largest absolute Gasteiger partial charge is 0.322 e. The van der Waals surface area contributed by atoms with E-state index in [0.29, 0.717) is 36.8 Å². The molecule has 1 heterocycles. The number of benzene rings is 2. The minimum Gasteiger partial charge on any atom is -0.322 e. The lowest BCUT2D eigenvalue weighted by Gasteiger charge is -2.24. The highest BCUT2D eigenvalue weighted by Crippen LogP contribution is 2.39. The van der Waals surface area contributed by atoms with Crippen LogP contribution < -0.4 is 4.90 Å². The van der Waals surface area contributed by atoms with Crippen LogP contribution in [0.3, 0.4) is 0 Å². The number of halogens is 6. The number of nitrogens with zero attached hydrogens (tertiary/aromatic N) is 2. The molecule has 23 heavy (non-hydrogen) atoms. The van der Waals surface area contributed by atoms with Gasteiger partial charge in [0.15, 0.2) is 0 Å². The van der Waals surface area contributed by atoms with Crippen molar-refractivity contribution in [2.75, 3.05) is 18.0 Å². The predicted octanol–water partition coefficient (Wildman–Crippen LogP) is 6.28. The molecule has 1 aliphatic rings. The van der Waals surface area contributed by atoms with Gasteiger partial charge in [-0.15, -0.1) is 0 Å². The van der Waals surface area contributed by atoms with Crippen LogP contribution in [0.4, 0.5) is 14.5 Å². The molecule has 1 aliphatic heterocycles. The predicted molar refractivity (Wildman–Crippen MR) is 102 cm³/mol. The zero-order valence-corrected chi connectivity index (χ0v) is 17.7. The van der Waals surface area contributed by atoms with E-state index in [-0.39, 0.29) is 11.6 Å². The second kappa shape index (κ2) is 6.90. The molecule has 0 N–H and O–H groups in total. The molecule has 0 bridgehead atoms. The first-order valence-corrected chi connectivity index (χ1v) is 9.67. The van der Waals surface area contributed by atoms with Gasteiger partial charge in [0.1, 0.15) is 17.5 Å². The van der Waals surface area contributed by atoms with E-state index in [1.807, 2.05) is 4.90 Å². The summed E-state index contributed by atoms with van der Waals surface area (Å²) in [6.45, 7) is 1.25. The molecule has 0 unspecified atom stereocenters. The van der Waals surface area contributed by atoms with Gasteiger partial charge in [-0.1, -0.05) is 0 Å². The molecule has 0 atom stereocenters. The maximum absolute atomic E-state index is 13.5. The fourth-order valence-corrected chi connectivity index (χ4v) is 5.47. The van der Waals surface area contributed by atoms with Gasteiger partial charge in [0.05, 0.1) is 12.2 Å². The van der Waals surface area contributed by atoms with Gasteiger partial charge < -0.3 is 4.90 Å². The molecule has 0 saturated carbocycles. The maximum atomic E-state index is 13.5. The van der Waals surface area contributed by atoms with Crippen molar-refractivity contribution in [3.63, 3.8) is 0 Å². The standard InChI is InChI=1S/C15H8Br4F2N2/c16-9-3-7(20)4-10(17)13(9)15-22-1-2-23(15)14-11(18)5-8(21)6-12(14)19/h3-6H,1-2H2. The number of hydrogen-bond donors (Lipinski definition) is 0. The van der Waals surface area contributed by atoms with Crippen LogP contribution in [0.15, 0.2) is 47.1 Å². The van der Waals surface area contributed by atoms with Crippen LogP contribution >= 0.6 is 63.7 Å². The summed E-state index contributed by atoms with van der Waals surface area (Å²) in [5.74, 6) is 0.00729. The Labute approximate surface area is 165 Å². The van der Waals surface area contributed by atoms with Gasteiger partial charge in [0, 0.05) is 30.0 Å². The molecule has 0 aliphatic carbocycles. The highest BCUT2D eigenvalue weighted by Gasteiger charge is 2.27. The van der Waals surface area contributed by atoms with Gasteiger partial charge in [-0.3, -0.25) is 4.99 Å². The Balaban J connectivity index is 2.13. The van der Waals surface area contributed by atoms with E-state index >= 15 is 0 Å². The van der Waals surface area contributed by atoms with Crippen LogP contribution in [-0.4, -0.2) is 18.9 Å². The second-order valence-electron chi connectivity index (χ2n) is 4.82. The van der Waals surface area contributed by atoms with E-state index < -0.39 is 0 Å². The average Bonchev–Trinajstić information content (AvgIpc) is 2.85. The molecule has 8 heteroatoms. The third kappa shape index (κ3) is 3.41. The normalized spacial score (nSPS) is 14.3. The first-order valence-electron chi connectivity index (χ1n) is 6.50. The Kier molecular flexibility index (Phi) is 5.25. The number of rotatable bonds is 2. The molecule has 0 fully saturated rings. The zero-order chi connectivity index (χ0) is 16.7. The highest BCUT2D eigenvalue weighted by molar-refractivity contribution is 9.11. The van der Waals surface area contributed by atoms with Crippen molar-refractivity contribution >= 4 is 75.2 Å². The SMILES string of the molecule is Fc1cc(Br)c(C2=NCCN2c2c(Br)cc(F)cc2Br)c(Br)c1. The summed E-state index contributed by atoms with van der Waals surface area (Å²) in [5.41, 5.74) is 1.54. The smallest absolute Gasteiger partial charge is 0.137 e. The Morgan fingerprint density at radius 2 is 1.30 bits per heavy atom. The van der Waals surface area contributed by atoms with Gasteiger partial charge in [-0.2, -0.15) is 0 Å². The molecule has 0 aromatic heterocycles. The van der Waals surface area contributed by atoms with Crippen LogP contribution in [0, 0.1) is 11.6 Å². The Morgan fingerprint density at radius 3 is 1.83 bits per heavy atom. The zero-order valence-electron chi connectivity index (χ0n) is 11.4. The average molecular weight is 574 g/mol.